The molecule has 0 heterocycles. The van der Waals surface area contributed by atoms with E-state index >= 15 is 0 Å². The summed E-state index contributed by atoms with van der Waals surface area (Å²) in [5.74, 6) is -0.562. The molecular formula is C26H30BrNO5. The fourth-order valence-corrected chi connectivity index (χ4v) is 4.49. The lowest BCUT2D eigenvalue weighted by Gasteiger charge is -2.36. The smallest absolute Gasteiger partial charge is 0.339 e. The zero-order chi connectivity index (χ0) is 24.0. The molecule has 1 N–H and O–H groups in total. The topological polar surface area (TPSA) is 81.7 Å². The van der Waals surface area contributed by atoms with Crippen LogP contribution in [0, 0.1) is 17.8 Å². The van der Waals surface area contributed by atoms with Crippen molar-refractivity contribution in [1.82, 2.24) is 0 Å². The van der Waals surface area contributed by atoms with Gasteiger partial charge in [-0.2, -0.15) is 0 Å². The van der Waals surface area contributed by atoms with Crippen LogP contribution in [0.1, 0.15) is 60.7 Å². The van der Waals surface area contributed by atoms with Crippen LogP contribution in [0.5, 0.6) is 0 Å². The molecule has 176 valence electrons. The van der Waals surface area contributed by atoms with Crippen LogP contribution in [0.3, 0.4) is 0 Å². The lowest BCUT2D eigenvalue weighted by Crippen LogP contribution is -2.36. The van der Waals surface area contributed by atoms with Gasteiger partial charge in [-0.1, -0.05) is 55.3 Å². The van der Waals surface area contributed by atoms with Gasteiger partial charge in [-0.15, -0.1) is 0 Å². The third kappa shape index (κ3) is 6.90. The zero-order valence-electron chi connectivity index (χ0n) is 19.2. The van der Waals surface area contributed by atoms with Crippen molar-refractivity contribution in [1.29, 1.82) is 0 Å². The number of amides is 1. The molecule has 0 aromatic heterocycles. The molecule has 0 unspecified atom stereocenters. The van der Waals surface area contributed by atoms with Crippen LogP contribution in [0.15, 0.2) is 53.0 Å². The second-order valence-corrected chi connectivity index (χ2v) is 9.86. The Morgan fingerprint density at radius 3 is 2.27 bits per heavy atom. The van der Waals surface area contributed by atoms with Crippen molar-refractivity contribution in [3.05, 3.63) is 64.1 Å². The van der Waals surface area contributed by atoms with E-state index in [2.05, 4.69) is 42.0 Å². The molecule has 2 aromatic carbocycles. The highest BCUT2D eigenvalue weighted by molar-refractivity contribution is 9.10. The van der Waals surface area contributed by atoms with Gasteiger partial charge in [-0.25, -0.2) is 9.59 Å². The Morgan fingerprint density at radius 2 is 1.64 bits per heavy atom. The Morgan fingerprint density at radius 1 is 1.00 bits per heavy atom. The van der Waals surface area contributed by atoms with Crippen LogP contribution in [-0.4, -0.2) is 30.6 Å². The first-order valence-corrected chi connectivity index (χ1v) is 12.1. The number of nitrogens with one attached hydrogen (secondary N) is 1. The number of carbonyl (C=O) groups is 3. The van der Waals surface area contributed by atoms with E-state index in [-0.39, 0.29) is 17.2 Å². The zero-order valence-corrected chi connectivity index (χ0v) is 20.8. The van der Waals surface area contributed by atoms with Gasteiger partial charge < -0.3 is 14.8 Å². The third-order valence-corrected chi connectivity index (χ3v) is 6.58. The number of esters is 2. The Labute approximate surface area is 203 Å². The molecule has 1 amide bonds. The molecule has 7 heteroatoms. The minimum absolute atomic E-state index is 0.0869. The van der Waals surface area contributed by atoms with E-state index < -0.39 is 24.5 Å². The van der Waals surface area contributed by atoms with E-state index in [1.165, 1.54) is 6.07 Å². The molecule has 0 bridgehead atoms. The van der Waals surface area contributed by atoms with Crippen LogP contribution in [0.2, 0.25) is 0 Å². The molecule has 1 fully saturated rings. The van der Waals surface area contributed by atoms with Crippen molar-refractivity contribution < 1.29 is 23.9 Å². The largest absolute Gasteiger partial charge is 0.458 e. The van der Waals surface area contributed by atoms with E-state index in [1.807, 2.05) is 0 Å². The molecule has 6 nitrogen and oxygen atoms in total. The van der Waals surface area contributed by atoms with E-state index in [1.54, 1.807) is 42.5 Å². The quantitative estimate of drug-likeness (QED) is 0.466. The van der Waals surface area contributed by atoms with Crippen LogP contribution in [0.25, 0.3) is 0 Å². The van der Waals surface area contributed by atoms with Crippen LogP contribution < -0.4 is 5.32 Å². The maximum absolute atomic E-state index is 13.0. The maximum Gasteiger partial charge on any atom is 0.339 e. The van der Waals surface area contributed by atoms with Crippen LogP contribution in [-0.2, 0) is 14.3 Å². The minimum Gasteiger partial charge on any atom is -0.458 e. The van der Waals surface area contributed by atoms with E-state index in [9.17, 15) is 14.4 Å². The molecule has 3 rings (SSSR count). The Bertz CT molecular complexity index is 988. The summed E-state index contributed by atoms with van der Waals surface area (Å²) in [5, 5.41) is 2.66. The Balaban J connectivity index is 1.63. The fraction of sp³-hybridized carbons (Fsp3) is 0.423. The molecule has 0 saturated heterocycles. The van der Waals surface area contributed by atoms with Gasteiger partial charge in [-0.3, -0.25) is 4.79 Å². The summed E-state index contributed by atoms with van der Waals surface area (Å²) in [5.41, 5.74) is 0.824. The summed E-state index contributed by atoms with van der Waals surface area (Å²) in [7, 11) is 0. The maximum atomic E-state index is 13.0. The first kappa shape index (κ1) is 25.0. The molecule has 2 aromatic rings. The molecule has 3 atom stereocenters. The third-order valence-electron chi connectivity index (χ3n) is 6.05. The van der Waals surface area contributed by atoms with Crippen LogP contribution >= 0.6 is 15.9 Å². The molecule has 1 saturated carbocycles. The average Bonchev–Trinajstić information content (AvgIpc) is 2.79. The van der Waals surface area contributed by atoms with Gasteiger partial charge in [0, 0.05) is 10.2 Å². The average molecular weight is 516 g/mol. The highest BCUT2D eigenvalue weighted by Crippen LogP contribution is 2.35. The van der Waals surface area contributed by atoms with Gasteiger partial charge in [-0.05, 0) is 67.0 Å². The number of benzene rings is 2. The van der Waals surface area contributed by atoms with E-state index in [0.29, 0.717) is 23.4 Å². The van der Waals surface area contributed by atoms with Crippen molar-refractivity contribution in [3.63, 3.8) is 0 Å². The monoisotopic (exact) mass is 515 g/mol. The van der Waals surface area contributed by atoms with E-state index in [4.69, 9.17) is 9.47 Å². The number of anilines is 1. The molecular weight excluding hydrogens is 486 g/mol. The molecule has 1 aliphatic rings. The van der Waals surface area contributed by atoms with Crippen molar-refractivity contribution in [2.45, 2.75) is 46.1 Å². The van der Waals surface area contributed by atoms with Crippen molar-refractivity contribution in [2.24, 2.45) is 17.8 Å². The highest BCUT2D eigenvalue weighted by atomic mass is 79.9. The summed E-state index contributed by atoms with van der Waals surface area (Å²) in [6.45, 7) is 5.99. The number of carbonyl (C=O) groups excluding carboxylic acids is 3. The second kappa shape index (κ2) is 11.5. The number of hydrogen-bond donors (Lipinski definition) is 1. The SMILES string of the molecule is CC(C)[C@H]1CC[C@@H](C)C[C@H]1OC(=O)c1ccccc1C(=O)OCC(=O)Nc1ccc(Br)cc1. The molecule has 0 radical (unpaired) electrons. The number of ether oxygens (including phenoxy) is 2. The predicted octanol–water partition coefficient (Wildman–Crippen LogP) is 5.86. The second-order valence-electron chi connectivity index (χ2n) is 8.95. The summed E-state index contributed by atoms with van der Waals surface area (Å²) in [4.78, 5) is 37.8. The van der Waals surface area contributed by atoms with Crippen molar-refractivity contribution in [3.8, 4) is 0 Å². The van der Waals surface area contributed by atoms with Gasteiger partial charge >= 0.3 is 11.9 Å². The number of hydrogen-bond acceptors (Lipinski definition) is 5. The molecule has 1 aliphatic carbocycles. The standard InChI is InChI=1S/C26H30BrNO5/c1-16(2)20-13-8-17(3)14-23(20)33-26(31)22-7-5-4-6-21(22)25(30)32-15-24(29)28-19-11-9-18(27)10-12-19/h4-7,9-12,16-17,20,23H,8,13-15H2,1-3H3,(H,28,29)/t17-,20-,23-/m1/s1. The first-order valence-electron chi connectivity index (χ1n) is 11.3. The Kier molecular flexibility index (Phi) is 8.67. The molecule has 0 spiro atoms. The van der Waals surface area contributed by atoms with Gasteiger partial charge in [0.15, 0.2) is 6.61 Å². The first-order chi connectivity index (χ1) is 15.7. The Hall–Kier alpha value is -2.67. The predicted molar refractivity (Wildman–Crippen MR) is 130 cm³/mol. The van der Waals surface area contributed by atoms with Crippen molar-refractivity contribution in [2.75, 3.05) is 11.9 Å². The summed E-state index contributed by atoms with van der Waals surface area (Å²) in [6.07, 6.45) is 2.79. The van der Waals surface area contributed by atoms with Gasteiger partial charge in [0.05, 0.1) is 11.1 Å². The van der Waals surface area contributed by atoms with Gasteiger partial charge in [0.25, 0.3) is 5.91 Å². The summed E-state index contributed by atoms with van der Waals surface area (Å²) < 4.78 is 12.0. The normalized spacial score (nSPS) is 20.2. The lowest BCUT2D eigenvalue weighted by atomic mass is 9.75. The molecule has 0 aliphatic heterocycles. The van der Waals surface area contributed by atoms with Crippen molar-refractivity contribution >= 4 is 39.5 Å². The number of halogens is 1. The lowest BCUT2D eigenvalue weighted by molar-refractivity contribution is -0.119. The summed E-state index contributed by atoms with van der Waals surface area (Å²) in [6, 6.07) is 13.4. The molecule has 33 heavy (non-hydrogen) atoms. The van der Waals surface area contributed by atoms with Crippen LogP contribution in [0.4, 0.5) is 5.69 Å². The van der Waals surface area contributed by atoms with Gasteiger partial charge in [0.1, 0.15) is 6.10 Å². The van der Waals surface area contributed by atoms with Gasteiger partial charge in [0.2, 0.25) is 0 Å². The van der Waals surface area contributed by atoms with E-state index in [0.717, 1.165) is 23.7 Å². The fourth-order valence-electron chi connectivity index (χ4n) is 4.23. The minimum atomic E-state index is -0.745. The highest BCUT2D eigenvalue weighted by Gasteiger charge is 2.34. The summed E-state index contributed by atoms with van der Waals surface area (Å²) >= 11 is 3.33. The number of rotatable bonds is 7.